The van der Waals surface area contributed by atoms with Crippen molar-refractivity contribution in [2.75, 3.05) is 27.3 Å². The van der Waals surface area contributed by atoms with Crippen LogP contribution >= 0.6 is 0 Å². The zero-order valence-electron chi connectivity index (χ0n) is 16.2. The van der Waals surface area contributed by atoms with Gasteiger partial charge in [0.05, 0.1) is 19.8 Å². The number of ether oxygens (including phenoxy) is 3. The van der Waals surface area contributed by atoms with Gasteiger partial charge in [0.1, 0.15) is 23.4 Å². The van der Waals surface area contributed by atoms with Crippen LogP contribution in [0.4, 0.5) is 0 Å². The van der Waals surface area contributed by atoms with E-state index in [1.807, 2.05) is 36.4 Å². The molecule has 2 aromatic carbocycles. The van der Waals surface area contributed by atoms with Gasteiger partial charge in [0.25, 0.3) is 0 Å². The lowest BCUT2D eigenvalue weighted by Crippen LogP contribution is -2.42. The lowest BCUT2D eigenvalue weighted by molar-refractivity contribution is 0.0996. The van der Waals surface area contributed by atoms with Gasteiger partial charge in [-0.2, -0.15) is 0 Å². The molecule has 5 nitrogen and oxygen atoms in total. The van der Waals surface area contributed by atoms with Gasteiger partial charge >= 0.3 is 0 Å². The fourth-order valence-corrected chi connectivity index (χ4v) is 3.61. The van der Waals surface area contributed by atoms with Crippen LogP contribution in [0.1, 0.15) is 30.1 Å². The number of benzene rings is 2. The Balaban J connectivity index is 1.98. The molecule has 1 heterocycles. The van der Waals surface area contributed by atoms with Crippen molar-refractivity contribution in [2.45, 2.75) is 25.9 Å². The number of rotatable bonds is 7. The van der Waals surface area contributed by atoms with Gasteiger partial charge in [-0.15, -0.1) is 0 Å². The molecular formula is C22H27NO4. The fraction of sp³-hybridized carbons (Fsp3) is 0.409. The third kappa shape index (κ3) is 4.25. The van der Waals surface area contributed by atoms with Crippen molar-refractivity contribution in [3.8, 4) is 28.4 Å². The maximum atomic E-state index is 11.7. The van der Waals surface area contributed by atoms with Gasteiger partial charge in [0.2, 0.25) is 0 Å². The second-order valence-corrected chi connectivity index (χ2v) is 6.75. The van der Waals surface area contributed by atoms with Gasteiger partial charge in [-0.3, -0.25) is 4.79 Å². The SMILES string of the molecule is CCC1CNCCC1Oc1cc(OC)c(C=O)c(-c2ccc(OC)cc2)c1. The molecule has 144 valence electrons. The highest BCUT2D eigenvalue weighted by Gasteiger charge is 2.26. The Morgan fingerprint density at radius 3 is 2.52 bits per heavy atom. The van der Waals surface area contributed by atoms with Crippen LogP contribution in [0.2, 0.25) is 0 Å². The first-order valence-corrected chi connectivity index (χ1v) is 9.39. The molecule has 0 saturated carbocycles. The van der Waals surface area contributed by atoms with E-state index in [9.17, 15) is 4.79 Å². The molecule has 0 spiro atoms. The highest BCUT2D eigenvalue weighted by molar-refractivity contribution is 5.92. The zero-order valence-corrected chi connectivity index (χ0v) is 16.2. The first-order valence-electron chi connectivity index (χ1n) is 9.39. The summed E-state index contributed by atoms with van der Waals surface area (Å²) in [5.41, 5.74) is 2.23. The fourth-order valence-electron chi connectivity index (χ4n) is 3.61. The summed E-state index contributed by atoms with van der Waals surface area (Å²) in [7, 11) is 3.20. The lowest BCUT2D eigenvalue weighted by Gasteiger charge is -2.32. The minimum atomic E-state index is 0.159. The van der Waals surface area contributed by atoms with Crippen LogP contribution in [0.25, 0.3) is 11.1 Å². The Morgan fingerprint density at radius 2 is 1.89 bits per heavy atom. The number of carbonyl (C=O) groups excluding carboxylic acids is 1. The van der Waals surface area contributed by atoms with Gasteiger partial charge in [-0.1, -0.05) is 19.1 Å². The monoisotopic (exact) mass is 369 g/mol. The molecule has 0 aliphatic carbocycles. The molecule has 5 heteroatoms. The molecule has 2 unspecified atom stereocenters. The quantitative estimate of drug-likeness (QED) is 0.749. The maximum Gasteiger partial charge on any atom is 0.154 e. The Hall–Kier alpha value is -2.53. The van der Waals surface area contributed by atoms with Gasteiger partial charge < -0.3 is 19.5 Å². The Kier molecular flexibility index (Phi) is 6.35. The maximum absolute atomic E-state index is 11.7. The molecule has 0 amide bonds. The van der Waals surface area contributed by atoms with Crippen molar-refractivity contribution in [1.82, 2.24) is 5.32 Å². The zero-order chi connectivity index (χ0) is 19.2. The van der Waals surface area contributed by atoms with Crippen molar-refractivity contribution in [3.63, 3.8) is 0 Å². The molecule has 2 aromatic rings. The molecular weight excluding hydrogens is 342 g/mol. The number of carbonyl (C=O) groups is 1. The standard InChI is InChI=1S/C22H27NO4/c1-4-15-13-23-10-9-21(15)27-18-11-19(20(14-24)22(12-18)26-3)16-5-7-17(25-2)8-6-16/h5-8,11-12,14-15,21,23H,4,9-10,13H2,1-3H3. The van der Waals surface area contributed by atoms with Crippen LogP contribution in [0.5, 0.6) is 17.2 Å². The summed E-state index contributed by atoms with van der Waals surface area (Å²) < 4.78 is 17.1. The van der Waals surface area contributed by atoms with E-state index in [-0.39, 0.29) is 6.10 Å². The van der Waals surface area contributed by atoms with Gasteiger partial charge in [0, 0.05) is 18.5 Å². The van der Waals surface area contributed by atoms with Crippen molar-refractivity contribution < 1.29 is 19.0 Å². The first-order chi connectivity index (χ1) is 13.2. The highest BCUT2D eigenvalue weighted by atomic mass is 16.5. The summed E-state index contributed by atoms with van der Waals surface area (Å²) in [5.74, 6) is 2.50. The van der Waals surface area contributed by atoms with Gasteiger partial charge in [0.15, 0.2) is 6.29 Å². The first kappa shape index (κ1) is 19.2. The molecule has 2 atom stereocenters. The number of methoxy groups -OCH3 is 2. The Labute approximate surface area is 160 Å². The van der Waals surface area contributed by atoms with Crippen LogP contribution in [0, 0.1) is 5.92 Å². The minimum Gasteiger partial charge on any atom is -0.497 e. The number of piperidine rings is 1. The largest absolute Gasteiger partial charge is 0.497 e. The van der Waals surface area contributed by atoms with Crippen LogP contribution in [-0.2, 0) is 0 Å². The van der Waals surface area contributed by atoms with E-state index in [0.717, 1.165) is 54.8 Å². The van der Waals surface area contributed by atoms with E-state index in [4.69, 9.17) is 14.2 Å². The summed E-state index contributed by atoms with van der Waals surface area (Å²) in [6.45, 7) is 4.11. The predicted octanol–water partition coefficient (Wildman–Crippen LogP) is 3.95. The van der Waals surface area contributed by atoms with E-state index >= 15 is 0 Å². The summed E-state index contributed by atoms with van der Waals surface area (Å²) in [5, 5.41) is 3.43. The normalized spacial score (nSPS) is 19.4. The Bertz CT molecular complexity index is 773. The van der Waals surface area contributed by atoms with Crippen molar-refractivity contribution in [3.05, 3.63) is 42.0 Å². The van der Waals surface area contributed by atoms with Crippen LogP contribution in [0.3, 0.4) is 0 Å². The molecule has 1 aliphatic heterocycles. The third-order valence-corrected chi connectivity index (χ3v) is 5.20. The summed E-state index contributed by atoms with van der Waals surface area (Å²) in [4.78, 5) is 11.7. The molecule has 1 aliphatic rings. The van der Waals surface area contributed by atoms with Gasteiger partial charge in [-0.25, -0.2) is 0 Å². The molecule has 0 aromatic heterocycles. The van der Waals surface area contributed by atoms with Gasteiger partial charge in [-0.05, 0) is 48.7 Å². The Morgan fingerprint density at radius 1 is 1.11 bits per heavy atom. The average Bonchev–Trinajstić information content (AvgIpc) is 2.73. The molecule has 0 bridgehead atoms. The second-order valence-electron chi connectivity index (χ2n) is 6.75. The molecule has 1 fully saturated rings. The van der Waals surface area contributed by atoms with E-state index in [1.165, 1.54) is 0 Å². The smallest absolute Gasteiger partial charge is 0.154 e. The number of nitrogens with one attached hydrogen (secondary N) is 1. The molecule has 1 N–H and O–H groups in total. The van der Waals surface area contributed by atoms with Crippen LogP contribution in [-0.4, -0.2) is 39.7 Å². The average molecular weight is 369 g/mol. The van der Waals surface area contributed by atoms with E-state index in [0.29, 0.717) is 17.2 Å². The van der Waals surface area contributed by atoms with E-state index in [2.05, 4.69) is 12.2 Å². The summed E-state index contributed by atoms with van der Waals surface area (Å²) in [6.07, 6.45) is 3.02. The topological polar surface area (TPSA) is 56.8 Å². The highest BCUT2D eigenvalue weighted by Crippen LogP contribution is 2.36. The summed E-state index contributed by atoms with van der Waals surface area (Å²) >= 11 is 0. The van der Waals surface area contributed by atoms with E-state index in [1.54, 1.807) is 14.2 Å². The molecule has 27 heavy (non-hydrogen) atoms. The minimum absolute atomic E-state index is 0.159. The van der Waals surface area contributed by atoms with E-state index < -0.39 is 0 Å². The van der Waals surface area contributed by atoms with Crippen LogP contribution in [0.15, 0.2) is 36.4 Å². The number of hydrogen-bond donors (Lipinski definition) is 1. The molecule has 3 rings (SSSR count). The second kappa shape index (κ2) is 8.91. The third-order valence-electron chi connectivity index (χ3n) is 5.20. The van der Waals surface area contributed by atoms with Crippen molar-refractivity contribution >= 4 is 6.29 Å². The molecule has 0 radical (unpaired) electrons. The molecule has 1 saturated heterocycles. The lowest BCUT2D eigenvalue weighted by atomic mass is 9.93. The van der Waals surface area contributed by atoms with Crippen molar-refractivity contribution in [1.29, 1.82) is 0 Å². The summed E-state index contributed by atoms with van der Waals surface area (Å²) in [6, 6.07) is 11.4. The number of hydrogen-bond acceptors (Lipinski definition) is 5. The van der Waals surface area contributed by atoms with Crippen molar-refractivity contribution in [2.24, 2.45) is 5.92 Å². The number of aldehydes is 1. The van der Waals surface area contributed by atoms with Crippen LogP contribution < -0.4 is 19.5 Å². The predicted molar refractivity (Wildman–Crippen MR) is 106 cm³/mol.